The molecule has 1 fully saturated rings. The smallest absolute Gasteiger partial charge is 0.237 e. The zero-order chi connectivity index (χ0) is 22.7. The Hall–Kier alpha value is -2.97. The summed E-state index contributed by atoms with van der Waals surface area (Å²) in [5.74, 6) is -0.0875. The van der Waals surface area contributed by atoms with Crippen molar-refractivity contribution < 1.29 is 13.9 Å². The van der Waals surface area contributed by atoms with Crippen molar-refractivity contribution in [3.8, 4) is 11.5 Å². The molecule has 0 aliphatic heterocycles. The van der Waals surface area contributed by atoms with E-state index in [1.54, 1.807) is 18.3 Å². The minimum Gasteiger partial charge on any atom is -0.453 e. The number of hydrogen-bond acceptors (Lipinski definition) is 5. The predicted molar refractivity (Wildman–Crippen MR) is 122 cm³/mol. The lowest BCUT2D eigenvalue weighted by Gasteiger charge is -2.36. The number of pyridine rings is 1. The monoisotopic (exact) mass is 439 g/mol. The first-order valence-corrected chi connectivity index (χ1v) is 11.1. The standard InChI is InChI=1S/C24H30FN5O2/c1-15-13-29-22-21(15)20(7-10-28-22)32-19-6-5-16(12-18(19)25)11-17(26)14-30-24(23(27)31)8-3-2-4-9-24/h5-7,10,12-13,17,30H,2-4,8-9,11,14,26H2,1H3,(H2,27,31)(H,28,29)/t17-/m0/s1. The lowest BCUT2D eigenvalue weighted by Crippen LogP contribution is -2.59. The van der Waals surface area contributed by atoms with Gasteiger partial charge in [0, 0.05) is 25.0 Å². The number of rotatable bonds is 8. The third kappa shape index (κ3) is 4.61. The first-order valence-electron chi connectivity index (χ1n) is 11.1. The topological polar surface area (TPSA) is 119 Å². The first kappa shape index (κ1) is 22.2. The summed E-state index contributed by atoms with van der Waals surface area (Å²) in [4.78, 5) is 19.3. The van der Waals surface area contributed by atoms with E-state index in [-0.39, 0.29) is 17.7 Å². The Kier molecular flexibility index (Phi) is 6.43. The van der Waals surface area contributed by atoms with E-state index in [9.17, 15) is 9.18 Å². The van der Waals surface area contributed by atoms with Crippen molar-refractivity contribution in [2.24, 2.45) is 11.5 Å². The number of fused-ring (bicyclic) bond motifs is 1. The zero-order valence-corrected chi connectivity index (χ0v) is 18.3. The number of nitrogens with one attached hydrogen (secondary N) is 2. The molecule has 1 aliphatic rings. The number of halogens is 1. The number of aromatic nitrogens is 2. The van der Waals surface area contributed by atoms with Crippen LogP contribution in [-0.4, -0.2) is 34.0 Å². The van der Waals surface area contributed by atoms with Gasteiger partial charge in [0.25, 0.3) is 0 Å². The molecule has 1 amide bonds. The summed E-state index contributed by atoms with van der Waals surface area (Å²) >= 11 is 0. The summed E-state index contributed by atoms with van der Waals surface area (Å²) < 4.78 is 20.6. The van der Waals surface area contributed by atoms with Crippen molar-refractivity contribution in [1.82, 2.24) is 15.3 Å². The number of primary amides is 1. The normalized spacial score (nSPS) is 16.7. The Morgan fingerprint density at radius 3 is 2.78 bits per heavy atom. The van der Waals surface area contributed by atoms with E-state index in [2.05, 4.69) is 15.3 Å². The largest absolute Gasteiger partial charge is 0.453 e. The van der Waals surface area contributed by atoms with E-state index >= 15 is 0 Å². The number of amides is 1. The average Bonchev–Trinajstić information content (AvgIpc) is 3.16. The Morgan fingerprint density at radius 1 is 1.28 bits per heavy atom. The van der Waals surface area contributed by atoms with E-state index < -0.39 is 11.4 Å². The van der Waals surface area contributed by atoms with Gasteiger partial charge in [0.15, 0.2) is 11.6 Å². The molecule has 2 aromatic heterocycles. The highest BCUT2D eigenvalue weighted by Gasteiger charge is 2.37. The Morgan fingerprint density at radius 2 is 2.06 bits per heavy atom. The molecule has 0 spiro atoms. The third-order valence-corrected chi connectivity index (χ3v) is 6.33. The Balaban J connectivity index is 1.41. The number of carbonyl (C=O) groups excluding carboxylic acids is 1. The number of aromatic amines is 1. The number of aryl methyl sites for hydroxylation is 1. The van der Waals surface area contributed by atoms with Gasteiger partial charge in [-0.05, 0) is 55.5 Å². The number of ether oxygens (including phenoxy) is 1. The quantitative estimate of drug-likeness (QED) is 0.429. The first-order chi connectivity index (χ1) is 15.4. The summed E-state index contributed by atoms with van der Waals surface area (Å²) in [5.41, 5.74) is 13.7. The molecule has 0 unspecified atom stereocenters. The van der Waals surface area contributed by atoms with Crippen LogP contribution in [0, 0.1) is 12.7 Å². The molecule has 1 atom stereocenters. The van der Waals surface area contributed by atoms with Gasteiger partial charge in [0.1, 0.15) is 11.4 Å². The second-order valence-corrected chi connectivity index (χ2v) is 8.72. The molecule has 1 aromatic carbocycles. The molecule has 8 heteroatoms. The van der Waals surface area contributed by atoms with Gasteiger partial charge in [-0.1, -0.05) is 25.3 Å². The molecule has 2 heterocycles. The molecule has 0 saturated heterocycles. The SMILES string of the molecule is Cc1c[nH]c2nccc(Oc3ccc(C[C@H](N)CNC4(C(N)=O)CCCCC4)cc3F)c12. The maximum atomic E-state index is 14.8. The van der Waals surface area contributed by atoms with Gasteiger partial charge in [0.2, 0.25) is 5.91 Å². The minimum atomic E-state index is -0.676. The van der Waals surface area contributed by atoms with Crippen molar-refractivity contribution in [1.29, 1.82) is 0 Å². The van der Waals surface area contributed by atoms with E-state index in [0.717, 1.165) is 48.6 Å². The fraction of sp³-hybridized carbons (Fsp3) is 0.417. The van der Waals surface area contributed by atoms with Gasteiger partial charge >= 0.3 is 0 Å². The maximum absolute atomic E-state index is 14.8. The van der Waals surface area contributed by atoms with E-state index in [4.69, 9.17) is 16.2 Å². The van der Waals surface area contributed by atoms with Crippen LogP contribution in [-0.2, 0) is 11.2 Å². The molecule has 1 aliphatic carbocycles. The van der Waals surface area contributed by atoms with Crippen molar-refractivity contribution in [3.63, 3.8) is 0 Å². The molecule has 3 aromatic rings. The molecule has 0 radical (unpaired) electrons. The van der Waals surface area contributed by atoms with Crippen LogP contribution in [0.15, 0.2) is 36.7 Å². The molecule has 7 nitrogen and oxygen atoms in total. The summed E-state index contributed by atoms with van der Waals surface area (Å²) in [7, 11) is 0. The van der Waals surface area contributed by atoms with Crippen LogP contribution in [0.3, 0.4) is 0 Å². The molecule has 32 heavy (non-hydrogen) atoms. The van der Waals surface area contributed by atoms with Gasteiger partial charge in [-0.2, -0.15) is 0 Å². The number of nitrogens with zero attached hydrogens (tertiary/aromatic N) is 1. The second kappa shape index (κ2) is 9.26. The van der Waals surface area contributed by atoms with Crippen LogP contribution >= 0.6 is 0 Å². The van der Waals surface area contributed by atoms with Gasteiger partial charge in [-0.3, -0.25) is 4.79 Å². The fourth-order valence-electron chi connectivity index (χ4n) is 4.51. The molecule has 1 saturated carbocycles. The summed E-state index contributed by atoms with van der Waals surface area (Å²) in [5, 5.41) is 4.13. The highest BCUT2D eigenvalue weighted by Crippen LogP contribution is 2.32. The van der Waals surface area contributed by atoms with E-state index in [1.807, 2.05) is 19.2 Å². The van der Waals surface area contributed by atoms with Gasteiger partial charge in [-0.25, -0.2) is 9.37 Å². The number of nitrogens with two attached hydrogens (primary N) is 2. The molecular weight excluding hydrogens is 409 g/mol. The van der Waals surface area contributed by atoms with Gasteiger partial charge < -0.3 is 26.5 Å². The lowest BCUT2D eigenvalue weighted by atomic mass is 9.81. The number of benzene rings is 1. The third-order valence-electron chi connectivity index (χ3n) is 6.33. The summed E-state index contributed by atoms with van der Waals surface area (Å²) in [6.45, 7) is 2.38. The van der Waals surface area contributed by atoms with Crippen molar-refractivity contribution in [2.45, 2.75) is 57.0 Å². The highest BCUT2D eigenvalue weighted by molar-refractivity contribution is 5.86. The van der Waals surface area contributed by atoms with Crippen LogP contribution in [0.4, 0.5) is 4.39 Å². The fourth-order valence-corrected chi connectivity index (χ4v) is 4.51. The number of carbonyl (C=O) groups is 1. The predicted octanol–water partition coefficient (Wildman–Crippen LogP) is 3.45. The summed E-state index contributed by atoms with van der Waals surface area (Å²) in [6, 6.07) is 6.32. The number of H-pyrrole nitrogens is 1. The minimum absolute atomic E-state index is 0.142. The van der Waals surface area contributed by atoms with E-state index in [0.29, 0.717) is 24.4 Å². The summed E-state index contributed by atoms with van der Waals surface area (Å²) in [6.07, 6.45) is 8.47. The highest BCUT2D eigenvalue weighted by atomic mass is 19.1. The number of hydrogen-bond donors (Lipinski definition) is 4. The zero-order valence-electron chi connectivity index (χ0n) is 18.3. The maximum Gasteiger partial charge on any atom is 0.237 e. The lowest BCUT2D eigenvalue weighted by molar-refractivity contribution is -0.125. The molecule has 0 bridgehead atoms. The van der Waals surface area contributed by atoms with Crippen LogP contribution in [0.1, 0.15) is 43.2 Å². The van der Waals surface area contributed by atoms with E-state index in [1.165, 1.54) is 6.07 Å². The van der Waals surface area contributed by atoms with Crippen molar-refractivity contribution >= 4 is 16.9 Å². The second-order valence-electron chi connectivity index (χ2n) is 8.72. The van der Waals surface area contributed by atoms with Crippen LogP contribution in [0.2, 0.25) is 0 Å². The van der Waals surface area contributed by atoms with Gasteiger partial charge in [-0.15, -0.1) is 0 Å². The van der Waals surface area contributed by atoms with Crippen LogP contribution in [0.25, 0.3) is 11.0 Å². The molecule has 4 rings (SSSR count). The molecule has 6 N–H and O–H groups in total. The Labute approximate surface area is 186 Å². The average molecular weight is 440 g/mol. The van der Waals surface area contributed by atoms with Crippen molar-refractivity contribution in [2.75, 3.05) is 6.54 Å². The molecular formula is C24H30FN5O2. The van der Waals surface area contributed by atoms with Crippen molar-refractivity contribution in [3.05, 3.63) is 53.6 Å². The van der Waals surface area contributed by atoms with Gasteiger partial charge in [0.05, 0.1) is 10.9 Å². The van der Waals surface area contributed by atoms with Crippen LogP contribution in [0.5, 0.6) is 11.5 Å². The van der Waals surface area contributed by atoms with Crippen LogP contribution < -0.4 is 21.5 Å². The Bertz CT molecular complexity index is 1110. The molecule has 170 valence electrons.